The van der Waals surface area contributed by atoms with E-state index < -0.39 is 0 Å². The number of piperidine rings is 1. The number of ether oxygens (including phenoxy) is 1. The van der Waals surface area contributed by atoms with Crippen LogP contribution in [0.5, 0.6) is 0 Å². The molecule has 0 radical (unpaired) electrons. The van der Waals surface area contributed by atoms with E-state index in [1.54, 1.807) is 0 Å². The molecule has 1 unspecified atom stereocenters. The number of amides is 1. The Morgan fingerprint density at radius 1 is 1.16 bits per heavy atom. The summed E-state index contributed by atoms with van der Waals surface area (Å²) in [5, 5.41) is 0. The van der Waals surface area contributed by atoms with Crippen LogP contribution in [0.4, 0.5) is 0 Å². The Bertz CT molecular complexity index is 263. The first-order valence-electron chi connectivity index (χ1n) is 6.61. The van der Waals surface area contributed by atoms with Crippen LogP contribution in [0.1, 0.15) is 19.3 Å². The summed E-state index contributed by atoms with van der Waals surface area (Å²) in [4.78, 5) is 16.2. The van der Waals surface area contributed by atoms with Crippen LogP contribution in [0.25, 0.3) is 0 Å². The summed E-state index contributed by atoms with van der Waals surface area (Å²) in [6.07, 6.45) is 3.46. The molecule has 0 aliphatic carbocycles. The van der Waals surface area contributed by atoms with Crippen molar-refractivity contribution >= 4 is 30.7 Å². The van der Waals surface area contributed by atoms with Gasteiger partial charge in [0.2, 0.25) is 5.91 Å². The van der Waals surface area contributed by atoms with E-state index in [2.05, 4.69) is 4.90 Å². The molecule has 0 spiro atoms. The van der Waals surface area contributed by atoms with Crippen LogP contribution in [0, 0.1) is 0 Å². The third-order valence-electron chi connectivity index (χ3n) is 3.69. The molecular weight excluding hydrogens is 289 g/mol. The van der Waals surface area contributed by atoms with Gasteiger partial charge in [-0.05, 0) is 19.3 Å². The van der Waals surface area contributed by atoms with Gasteiger partial charge in [0.15, 0.2) is 0 Å². The SMILES string of the molecule is Cl.Cl.NCC(=O)N1CCCCC1CN1CCOCC1. The molecule has 0 aromatic rings. The molecule has 5 nitrogen and oxygen atoms in total. The summed E-state index contributed by atoms with van der Waals surface area (Å²) < 4.78 is 5.34. The molecule has 2 saturated heterocycles. The lowest BCUT2D eigenvalue weighted by molar-refractivity contribution is -0.134. The standard InChI is InChI=1S/C12H23N3O2.2ClH/c13-9-12(16)15-4-2-1-3-11(15)10-14-5-7-17-8-6-14;;/h11H,1-10,13H2;2*1H. The lowest BCUT2D eigenvalue weighted by atomic mass is 10.0. The van der Waals surface area contributed by atoms with E-state index in [-0.39, 0.29) is 37.3 Å². The van der Waals surface area contributed by atoms with E-state index in [0.717, 1.165) is 52.2 Å². The highest BCUT2D eigenvalue weighted by molar-refractivity contribution is 5.85. The minimum absolute atomic E-state index is 0. The molecular formula is C12H25Cl2N3O2. The lowest BCUT2D eigenvalue weighted by Gasteiger charge is -2.39. The van der Waals surface area contributed by atoms with Gasteiger partial charge in [0.25, 0.3) is 0 Å². The number of hydrogen-bond donors (Lipinski definition) is 1. The second kappa shape index (κ2) is 9.77. The van der Waals surface area contributed by atoms with E-state index in [1.165, 1.54) is 6.42 Å². The summed E-state index contributed by atoms with van der Waals surface area (Å²) in [5.74, 6) is 0.1000. The number of nitrogens with zero attached hydrogens (tertiary/aromatic N) is 2. The first-order valence-corrected chi connectivity index (χ1v) is 6.61. The van der Waals surface area contributed by atoms with Crippen LogP contribution in [0.15, 0.2) is 0 Å². The highest BCUT2D eigenvalue weighted by Crippen LogP contribution is 2.18. The summed E-state index contributed by atoms with van der Waals surface area (Å²) >= 11 is 0. The van der Waals surface area contributed by atoms with Crippen molar-refractivity contribution in [2.75, 3.05) is 45.9 Å². The molecule has 0 aromatic carbocycles. The van der Waals surface area contributed by atoms with Crippen LogP contribution < -0.4 is 5.73 Å². The summed E-state index contributed by atoms with van der Waals surface area (Å²) in [6.45, 7) is 5.61. The van der Waals surface area contributed by atoms with Gasteiger partial charge in [0, 0.05) is 32.2 Å². The molecule has 1 atom stereocenters. The quantitative estimate of drug-likeness (QED) is 0.824. The average Bonchev–Trinajstić information content (AvgIpc) is 2.40. The zero-order valence-corrected chi connectivity index (χ0v) is 12.9. The Hall–Kier alpha value is -0.0700. The maximum absolute atomic E-state index is 11.8. The third-order valence-corrected chi connectivity index (χ3v) is 3.69. The second-order valence-electron chi connectivity index (χ2n) is 4.85. The van der Waals surface area contributed by atoms with Crippen molar-refractivity contribution in [2.24, 2.45) is 5.73 Å². The number of rotatable bonds is 3. The fraction of sp³-hybridized carbons (Fsp3) is 0.917. The Balaban J connectivity index is 0.00000162. The smallest absolute Gasteiger partial charge is 0.236 e. The van der Waals surface area contributed by atoms with Gasteiger partial charge in [0.1, 0.15) is 0 Å². The first kappa shape index (κ1) is 18.9. The van der Waals surface area contributed by atoms with Crippen molar-refractivity contribution in [2.45, 2.75) is 25.3 Å². The Labute approximate surface area is 127 Å². The molecule has 2 aliphatic heterocycles. The van der Waals surface area contributed by atoms with Crippen LogP contribution in [0.2, 0.25) is 0 Å². The normalized spacial score (nSPS) is 24.3. The number of hydrogen-bond acceptors (Lipinski definition) is 4. The minimum Gasteiger partial charge on any atom is -0.379 e. The van der Waals surface area contributed by atoms with E-state index in [4.69, 9.17) is 10.5 Å². The third kappa shape index (κ3) is 5.44. The second-order valence-corrected chi connectivity index (χ2v) is 4.85. The van der Waals surface area contributed by atoms with Gasteiger partial charge in [-0.2, -0.15) is 0 Å². The first-order chi connectivity index (χ1) is 8.31. The van der Waals surface area contributed by atoms with E-state index >= 15 is 0 Å². The van der Waals surface area contributed by atoms with E-state index in [0.29, 0.717) is 6.04 Å². The molecule has 0 aromatic heterocycles. The molecule has 0 bridgehead atoms. The zero-order valence-electron chi connectivity index (χ0n) is 11.3. The topological polar surface area (TPSA) is 58.8 Å². The van der Waals surface area contributed by atoms with Crippen molar-refractivity contribution in [3.05, 3.63) is 0 Å². The average molecular weight is 314 g/mol. The highest BCUT2D eigenvalue weighted by atomic mass is 35.5. The van der Waals surface area contributed by atoms with Gasteiger partial charge in [-0.15, -0.1) is 24.8 Å². The van der Waals surface area contributed by atoms with Gasteiger partial charge >= 0.3 is 0 Å². The predicted molar refractivity (Wildman–Crippen MR) is 80.2 cm³/mol. The number of nitrogens with two attached hydrogens (primary N) is 1. The number of carbonyl (C=O) groups is 1. The molecule has 2 N–H and O–H groups in total. The maximum Gasteiger partial charge on any atom is 0.236 e. The van der Waals surface area contributed by atoms with Crippen molar-refractivity contribution in [1.82, 2.24) is 9.80 Å². The van der Waals surface area contributed by atoms with Crippen molar-refractivity contribution in [1.29, 1.82) is 0 Å². The van der Waals surface area contributed by atoms with Crippen LogP contribution in [-0.4, -0.2) is 67.7 Å². The number of halogens is 2. The molecule has 2 rings (SSSR count). The number of likely N-dealkylation sites (tertiary alicyclic amines) is 1. The van der Waals surface area contributed by atoms with Crippen LogP contribution in [0.3, 0.4) is 0 Å². The van der Waals surface area contributed by atoms with Crippen molar-refractivity contribution in [3.8, 4) is 0 Å². The Morgan fingerprint density at radius 2 is 1.84 bits per heavy atom. The summed E-state index contributed by atoms with van der Waals surface area (Å²) in [7, 11) is 0. The Morgan fingerprint density at radius 3 is 2.47 bits per heavy atom. The van der Waals surface area contributed by atoms with Crippen molar-refractivity contribution < 1.29 is 9.53 Å². The number of morpholine rings is 1. The summed E-state index contributed by atoms with van der Waals surface area (Å²) in [6, 6.07) is 0.359. The van der Waals surface area contributed by atoms with Gasteiger partial charge in [0.05, 0.1) is 19.8 Å². The molecule has 19 heavy (non-hydrogen) atoms. The maximum atomic E-state index is 11.8. The van der Waals surface area contributed by atoms with Gasteiger partial charge < -0.3 is 15.4 Å². The lowest BCUT2D eigenvalue weighted by Crippen LogP contribution is -2.52. The fourth-order valence-electron chi connectivity index (χ4n) is 2.72. The van der Waals surface area contributed by atoms with E-state index in [9.17, 15) is 4.79 Å². The van der Waals surface area contributed by atoms with Crippen LogP contribution >= 0.6 is 24.8 Å². The number of carbonyl (C=O) groups excluding carboxylic acids is 1. The highest BCUT2D eigenvalue weighted by Gasteiger charge is 2.27. The molecule has 7 heteroatoms. The molecule has 114 valence electrons. The predicted octanol–water partition coefficient (Wildman–Crippen LogP) is 0.502. The molecule has 2 fully saturated rings. The van der Waals surface area contributed by atoms with Crippen molar-refractivity contribution in [3.63, 3.8) is 0 Å². The monoisotopic (exact) mass is 313 g/mol. The van der Waals surface area contributed by atoms with Gasteiger partial charge in [-0.25, -0.2) is 0 Å². The molecule has 2 aliphatic rings. The van der Waals surface area contributed by atoms with E-state index in [1.807, 2.05) is 4.90 Å². The largest absolute Gasteiger partial charge is 0.379 e. The van der Waals surface area contributed by atoms with Gasteiger partial charge in [-0.1, -0.05) is 0 Å². The minimum atomic E-state index is 0. The molecule has 1 amide bonds. The van der Waals surface area contributed by atoms with Gasteiger partial charge in [-0.3, -0.25) is 9.69 Å². The molecule has 2 heterocycles. The Kier molecular flexibility index (Phi) is 9.74. The zero-order chi connectivity index (χ0) is 12.1. The summed E-state index contributed by atoms with van der Waals surface area (Å²) in [5.41, 5.74) is 5.47. The fourth-order valence-corrected chi connectivity index (χ4v) is 2.72. The van der Waals surface area contributed by atoms with Crippen LogP contribution in [-0.2, 0) is 9.53 Å². The molecule has 0 saturated carbocycles.